The number of fused-ring (bicyclic) bond motifs is 1. The molecule has 0 bridgehead atoms. The van der Waals surface area contributed by atoms with Crippen molar-refractivity contribution in [3.05, 3.63) is 105 Å². The summed E-state index contributed by atoms with van der Waals surface area (Å²) in [5.74, 6) is -2.05. The van der Waals surface area contributed by atoms with Gasteiger partial charge in [-0.3, -0.25) is 9.59 Å². The first-order valence-corrected chi connectivity index (χ1v) is 13.2. The molecule has 0 aliphatic heterocycles. The maximum absolute atomic E-state index is 13.6. The zero-order valence-corrected chi connectivity index (χ0v) is 23.1. The van der Waals surface area contributed by atoms with E-state index in [1.807, 2.05) is 60.7 Å². The topological polar surface area (TPSA) is 103 Å². The lowest BCUT2D eigenvalue weighted by Crippen LogP contribution is -2.53. The Balaban J connectivity index is 1.60. The van der Waals surface area contributed by atoms with E-state index in [-0.39, 0.29) is 18.7 Å². The zero-order chi connectivity index (χ0) is 26.5. The second-order valence-corrected chi connectivity index (χ2v) is 10.6. The Labute approximate surface area is 231 Å². The maximum Gasteiger partial charge on any atom is 0.326 e. The lowest BCUT2D eigenvalue weighted by Gasteiger charge is -2.29. The number of amides is 2. The summed E-state index contributed by atoms with van der Waals surface area (Å²) in [6.45, 7) is 0. The van der Waals surface area contributed by atoms with Crippen LogP contribution in [0.25, 0.3) is 10.9 Å². The molecule has 1 heterocycles. The molecule has 9 heteroatoms. The fraction of sp³-hybridized carbons (Fsp3) is 0.179. The van der Waals surface area contributed by atoms with Crippen LogP contribution in [0.2, 0.25) is 0 Å². The molecule has 0 spiro atoms. The summed E-state index contributed by atoms with van der Waals surface area (Å²) in [5.41, 5.74) is 2.91. The molecular weight excluding hydrogens is 602 g/mol. The number of carbonyl (C=O) groups is 3. The van der Waals surface area contributed by atoms with Gasteiger partial charge >= 0.3 is 5.97 Å². The number of H-pyrrole nitrogens is 1. The first-order chi connectivity index (χ1) is 17.7. The number of halogens is 2. The molecule has 2 atom stereocenters. The zero-order valence-electron chi connectivity index (χ0n) is 19.9. The number of rotatable bonds is 9. The van der Waals surface area contributed by atoms with E-state index in [0.717, 1.165) is 22.0 Å². The number of para-hydroxylation sites is 1. The fourth-order valence-electron chi connectivity index (χ4n) is 4.25. The van der Waals surface area contributed by atoms with E-state index in [0.29, 0.717) is 14.5 Å². The smallest absolute Gasteiger partial charge is 0.326 e. The van der Waals surface area contributed by atoms with Gasteiger partial charge in [0.25, 0.3) is 5.91 Å². The van der Waals surface area contributed by atoms with Crippen molar-refractivity contribution in [2.45, 2.75) is 24.9 Å². The number of carboxylic acid groups (broad SMARTS) is 1. The average Bonchev–Trinajstić information content (AvgIpc) is 3.28. The van der Waals surface area contributed by atoms with Crippen molar-refractivity contribution < 1.29 is 19.5 Å². The third-order valence-corrected chi connectivity index (χ3v) is 7.10. The normalized spacial score (nSPS) is 12.6. The third-order valence-electron chi connectivity index (χ3n) is 6.19. The van der Waals surface area contributed by atoms with E-state index in [1.165, 1.54) is 4.90 Å². The van der Waals surface area contributed by atoms with Gasteiger partial charge in [0.15, 0.2) is 0 Å². The number of nitrogens with zero attached hydrogens (tertiary/aromatic N) is 1. The summed E-state index contributed by atoms with van der Waals surface area (Å²) in [4.78, 5) is 43.6. The van der Waals surface area contributed by atoms with Gasteiger partial charge in [0.2, 0.25) is 5.91 Å². The van der Waals surface area contributed by atoms with Crippen molar-refractivity contribution in [1.82, 2.24) is 15.2 Å². The van der Waals surface area contributed by atoms with Crippen molar-refractivity contribution in [3.63, 3.8) is 0 Å². The third kappa shape index (κ3) is 6.47. The summed E-state index contributed by atoms with van der Waals surface area (Å²) >= 11 is 6.79. The van der Waals surface area contributed by atoms with Gasteiger partial charge in [0, 0.05) is 51.5 Å². The van der Waals surface area contributed by atoms with E-state index in [2.05, 4.69) is 42.2 Å². The molecule has 7 nitrogen and oxygen atoms in total. The van der Waals surface area contributed by atoms with Crippen LogP contribution in [0.4, 0.5) is 0 Å². The number of aromatic nitrogens is 1. The van der Waals surface area contributed by atoms with Gasteiger partial charge in [-0.1, -0.05) is 80.4 Å². The van der Waals surface area contributed by atoms with Crippen LogP contribution in [-0.4, -0.2) is 51.9 Å². The van der Waals surface area contributed by atoms with Crippen LogP contribution in [0.15, 0.2) is 87.9 Å². The minimum atomic E-state index is -1.17. The highest BCUT2D eigenvalue weighted by atomic mass is 79.9. The van der Waals surface area contributed by atoms with E-state index in [9.17, 15) is 19.5 Å². The van der Waals surface area contributed by atoms with Gasteiger partial charge in [-0.05, 0) is 35.4 Å². The van der Waals surface area contributed by atoms with Crippen molar-refractivity contribution >= 4 is 60.5 Å². The molecule has 3 aromatic carbocycles. The minimum absolute atomic E-state index is 0.0966. The van der Waals surface area contributed by atoms with Crippen molar-refractivity contribution in [2.24, 2.45) is 0 Å². The second kappa shape index (κ2) is 11.7. The number of benzene rings is 3. The quantitative estimate of drug-likeness (QED) is 0.238. The molecule has 4 aromatic rings. The molecular formula is C28H25Br2N3O4. The minimum Gasteiger partial charge on any atom is -0.480 e. The number of hydrogen-bond acceptors (Lipinski definition) is 3. The predicted molar refractivity (Wildman–Crippen MR) is 149 cm³/mol. The van der Waals surface area contributed by atoms with Gasteiger partial charge in [-0.25, -0.2) is 4.79 Å². The summed E-state index contributed by atoms with van der Waals surface area (Å²) < 4.78 is 1.43. The fourth-order valence-corrected chi connectivity index (χ4v) is 5.55. The number of aromatic amines is 1. The largest absolute Gasteiger partial charge is 0.480 e. The Morgan fingerprint density at radius 2 is 1.59 bits per heavy atom. The monoisotopic (exact) mass is 625 g/mol. The predicted octanol–water partition coefficient (Wildman–Crippen LogP) is 5.19. The van der Waals surface area contributed by atoms with Gasteiger partial charge in [0.1, 0.15) is 12.1 Å². The molecule has 0 radical (unpaired) electrons. The average molecular weight is 627 g/mol. The Morgan fingerprint density at radius 3 is 2.27 bits per heavy atom. The van der Waals surface area contributed by atoms with Gasteiger partial charge in [-0.2, -0.15) is 0 Å². The Morgan fingerprint density at radius 1 is 0.946 bits per heavy atom. The van der Waals surface area contributed by atoms with E-state index < -0.39 is 24.0 Å². The molecule has 3 N–H and O–H groups in total. The van der Waals surface area contributed by atoms with Gasteiger partial charge in [-0.15, -0.1) is 0 Å². The van der Waals surface area contributed by atoms with Crippen LogP contribution >= 0.6 is 31.9 Å². The summed E-state index contributed by atoms with van der Waals surface area (Å²) in [6, 6.07) is 20.0. The molecule has 0 saturated carbocycles. The molecule has 0 aliphatic carbocycles. The number of likely N-dealkylation sites (N-methyl/N-ethyl adjacent to an activating group) is 1. The maximum atomic E-state index is 13.6. The molecule has 0 saturated heterocycles. The lowest BCUT2D eigenvalue weighted by molar-refractivity contribution is -0.142. The van der Waals surface area contributed by atoms with Crippen molar-refractivity contribution in [3.8, 4) is 0 Å². The molecule has 1 aromatic heterocycles. The van der Waals surface area contributed by atoms with Crippen LogP contribution in [0.5, 0.6) is 0 Å². The highest BCUT2D eigenvalue weighted by Gasteiger charge is 2.31. The highest BCUT2D eigenvalue weighted by molar-refractivity contribution is 9.11. The first kappa shape index (κ1) is 26.6. The number of carbonyl (C=O) groups excluding carboxylic acids is 2. The summed E-state index contributed by atoms with van der Waals surface area (Å²) in [5, 5.41) is 13.5. The Bertz CT molecular complexity index is 1420. The number of nitrogens with one attached hydrogen (secondary N) is 2. The molecule has 0 unspecified atom stereocenters. The lowest BCUT2D eigenvalue weighted by atomic mass is 10.0. The van der Waals surface area contributed by atoms with E-state index in [1.54, 1.807) is 25.4 Å². The molecule has 0 fully saturated rings. The van der Waals surface area contributed by atoms with Gasteiger partial charge < -0.3 is 20.3 Å². The molecule has 190 valence electrons. The Hall–Kier alpha value is -3.43. The molecule has 4 rings (SSSR count). The number of carboxylic acids is 1. The number of aliphatic carboxylic acids is 1. The number of hydrogen-bond donors (Lipinski definition) is 3. The second-order valence-electron chi connectivity index (χ2n) is 8.74. The first-order valence-electron chi connectivity index (χ1n) is 11.6. The van der Waals surface area contributed by atoms with Crippen LogP contribution in [-0.2, 0) is 22.4 Å². The molecule has 37 heavy (non-hydrogen) atoms. The van der Waals surface area contributed by atoms with Crippen LogP contribution < -0.4 is 5.32 Å². The van der Waals surface area contributed by atoms with Crippen LogP contribution in [0.1, 0.15) is 21.5 Å². The van der Waals surface area contributed by atoms with Gasteiger partial charge in [0.05, 0.1) is 0 Å². The highest BCUT2D eigenvalue weighted by Crippen LogP contribution is 2.23. The molecule has 0 aliphatic rings. The van der Waals surface area contributed by atoms with E-state index >= 15 is 0 Å². The summed E-state index contributed by atoms with van der Waals surface area (Å²) in [6.07, 6.45) is 2.08. The Kier molecular flexibility index (Phi) is 8.45. The van der Waals surface area contributed by atoms with E-state index in [4.69, 9.17) is 0 Å². The van der Waals surface area contributed by atoms with Crippen LogP contribution in [0, 0.1) is 0 Å². The van der Waals surface area contributed by atoms with Crippen molar-refractivity contribution in [2.75, 3.05) is 7.05 Å². The van der Waals surface area contributed by atoms with Crippen LogP contribution in [0.3, 0.4) is 0 Å². The SMILES string of the molecule is CN(C(=O)c1cc(Br)cc(Br)c1)[C@H](Cc1ccccc1)C(=O)N[C@@H](Cc1c[nH]c2ccccc12)C(=O)O. The van der Waals surface area contributed by atoms with Crippen molar-refractivity contribution in [1.29, 1.82) is 0 Å². The molecule has 2 amide bonds. The summed E-state index contributed by atoms with van der Waals surface area (Å²) in [7, 11) is 1.56. The standard InChI is InChI=1S/C28H25Br2N3O4/c1-33(27(35)18-12-20(29)15-21(30)13-18)25(11-17-7-3-2-4-8-17)26(34)32-24(28(36)37)14-19-16-31-23-10-6-5-9-22(19)23/h2-10,12-13,15-16,24-25,31H,11,14H2,1H3,(H,32,34)(H,36,37)/t24-,25+/m0/s1.